The number of carbonyl (C=O) groups excluding carboxylic acids is 1. The number of aliphatic hydroxyl groups excluding tert-OH is 2. The number of ketones is 1. The van der Waals surface area contributed by atoms with Gasteiger partial charge in [0.25, 0.3) is 0 Å². The van der Waals surface area contributed by atoms with Gasteiger partial charge in [0.05, 0.1) is 19.3 Å². The fraction of sp³-hybridized carbons (Fsp3) is 0.857. The van der Waals surface area contributed by atoms with Crippen LogP contribution in [0, 0.1) is 34.5 Å². The topological polar surface area (TPSA) is 87.0 Å². The summed E-state index contributed by atoms with van der Waals surface area (Å²) in [6.45, 7) is 2.32. The lowest BCUT2D eigenvalue weighted by molar-refractivity contribution is -0.217. The van der Waals surface area contributed by atoms with Crippen LogP contribution in [0.4, 0.5) is 0 Å². The van der Waals surface area contributed by atoms with Gasteiger partial charge in [-0.15, -0.1) is 0 Å². The van der Waals surface area contributed by atoms with E-state index in [1.807, 2.05) is 6.08 Å². The molecule has 26 heavy (non-hydrogen) atoms. The molecule has 5 aliphatic rings. The molecule has 1 aliphatic heterocycles. The van der Waals surface area contributed by atoms with E-state index in [0.29, 0.717) is 31.3 Å². The van der Waals surface area contributed by atoms with Crippen LogP contribution in [0.25, 0.3) is 0 Å². The molecule has 4 aliphatic carbocycles. The predicted molar refractivity (Wildman–Crippen MR) is 93.9 cm³/mol. The van der Waals surface area contributed by atoms with Gasteiger partial charge >= 0.3 is 0 Å². The summed E-state index contributed by atoms with van der Waals surface area (Å²) in [6.07, 6.45) is 7.33. The lowest BCUT2D eigenvalue weighted by atomic mass is 9.46. The van der Waals surface area contributed by atoms with Gasteiger partial charge in [-0.2, -0.15) is 0 Å². The van der Waals surface area contributed by atoms with Crippen molar-refractivity contribution in [2.24, 2.45) is 34.5 Å². The van der Waals surface area contributed by atoms with E-state index in [1.54, 1.807) is 0 Å². The minimum Gasteiger partial charge on any atom is -0.393 e. The Bertz CT molecular complexity index is 673. The zero-order chi connectivity index (χ0) is 18.3. The Balaban J connectivity index is 1.53. The molecule has 3 N–H and O–H groups in total. The standard InChI is InChI=1S/C21H30O5/c1-19-7-6-13(23)8-12(19)2-3-14-15-4-5-17-20(15,9-16(24)18(14)19)11-26-21(17,25)10-22/h8,14-18,22,24-25H,2-7,9-11H2,1H3/t14-,15-,16-,17-,18+,19-,20+,21?/m0/s1. The first-order valence-corrected chi connectivity index (χ1v) is 10.2. The number of ether oxygens (including phenoxy) is 1. The SMILES string of the molecule is C[C@]12CCC(=O)C=C1CC[C@@H]1[C@@H]2[C@@H](O)C[C@]23COC(O)(CO)[C@H]2CC[C@@H]13. The first-order valence-electron chi connectivity index (χ1n) is 10.2. The second-order valence-electron chi connectivity index (χ2n) is 9.81. The predicted octanol–water partition coefficient (Wildman–Crippen LogP) is 1.80. The van der Waals surface area contributed by atoms with Crippen LogP contribution in [-0.4, -0.2) is 46.2 Å². The molecule has 0 aromatic heterocycles. The Morgan fingerprint density at radius 1 is 1.27 bits per heavy atom. The van der Waals surface area contributed by atoms with Crippen LogP contribution < -0.4 is 0 Å². The highest BCUT2D eigenvalue weighted by molar-refractivity contribution is 5.91. The van der Waals surface area contributed by atoms with Crippen LogP contribution >= 0.6 is 0 Å². The van der Waals surface area contributed by atoms with E-state index in [4.69, 9.17) is 4.74 Å². The van der Waals surface area contributed by atoms with Crippen LogP contribution in [0.3, 0.4) is 0 Å². The van der Waals surface area contributed by atoms with Crippen LogP contribution in [0.15, 0.2) is 11.6 Å². The normalized spacial score (nSPS) is 55.6. The van der Waals surface area contributed by atoms with E-state index in [1.165, 1.54) is 5.57 Å². The van der Waals surface area contributed by atoms with Gasteiger partial charge in [-0.3, -0.25) is 4.79 Å². The molecular formula is C21H30O5. The van der Waals surface area contributed by atoms with Crippen molar-refractivity contribution in [1.82, 2.24) is 0 Å². The number of rotatable bonds is 1. The largest absolute Gasteiger partial charge is 0.393 e. The summed E-state index contributed by atoms with van der Waals surface area (Å²) in [7, 11) is 0. The highest BCUT2D eigenvalue weighted by Gasteiger charge is 2.70. The second kappa shape index (κ2) is 5.40. The van der Waals surface area contributed by atoms with E-state index in [9.17, 15) is 20.1 Å². The molecule has 8 atom stereocenters. The molecule has 1 saturated heterocycles. The number of fused-ring (bicyclic) bond motifs is 4. The number of hydrogen-bond acceptors (Lipinski definition) is 5. The lowest BCUT2D eigenvalue weighted by Crippen LogP contribution is -2.58. The van der Waals surface area contributed by atoms with Crippen molar-refractivity contribution >= 4 is 5.78 Å². The minimum atomic E-state index is -1.44. The van der Waals surface area contributed by atoms with Crippen LogP contribution in [0.1, 0.15) is 51.9 Å². The summed E-state index contributed by atoms with van der Waals surface area (Å²) in [5, 5.41) is 31.7. The fourth-order valence-corrected chi connectivity index (χ4v) is 7.94. The van der Waals surface area contributed by atoms with Crippen molar-refractivity contribution < 1.29 is 24.9 Å². The van der Waals surface area contributed by atoms with Crippen molar-refractivity contribution in [3.05, 3.63) is 11.6 Å². The minimum absolute atomic E-state index is 0.0807. The van der Waals surface area contributed by atoms with Gasteiger partial charge in [-0.1, -0.05) is 12.5 Å². The van der Waals surface area contributed by atoms with Crippen LogP contribution in [-0.2, 0) is 9.53 Å². The molecule has 4 fully saturated rings. The van der Waals surface area contributed by atoms with Gasteiger partial charge in [0.1, 0.15) is 0 Å². The highest BCUT2D eigenvalue weighted by atomic mass is 16.6. The number of hydrogen-bond donors (Lipinski definition) is 3. The molecule has 1 unspecified atom stereocenters. The van der Waals surface area contributed by atoms with Crippen molar-refractivity contribution in [1.29, 1.82) is 0 Å². The number of aliphatic hydroxyl groups is 3. The molecule has 0 aromatic carbocycles. The second-order valence-corrected chi connectivity index (χ2v) is 9.81. The average Bonchev–Trinajstić information content (AvgIpc) is 3.11. The van der Waals surface area contributed by atoms with Gasteiger partial charge in [0, 0.05) is 17.8 Å². The Kier molecular flexibility index (Phi) is 3.61. The molecule has 3 saturated carbocycles. The van der Waals surface area contributed by atoms with Crippen molar-refractivity contribution in [2.45, 2.75) is 63.8 Å². The molecule has 1 spiro atoms. The van der Waals surface area contributed by atoms with Gasteiger partial charge in [-0.05, 0) is 67.8 Å². The van der Waals surface area contributed by atoms with Gasteiger partial charge in [0.2, 0.25) is 0 Å². The summed E-state index contributed by atoms with van der Waals surface area (Å²) >= 11 is 0. The molecular weight excluding hydrogens is 332 g/mol. The Labute approximate surface area is 154 Å². The molecule has 5 nitrogen and oxygen atoms in total. The average molecular weight is 362 g/mol. The molecule has 0 aromatic rings. The molecule has 0 bridgehead atoms. The Morgan fingerprint density at radius 2 is 2.08 bits per heavy atom. The Hall–Kier alpha value is -0.750. The summed E-state index contributed by atoms with van der Waals surface area (Å²) in [4.78, 5) is 11.9. The highest BCUT2D eigenvalue weighted by Crippen LogP contribution is 2.69. The van der Waals surface area contributed by atoms with Crippen LogP contribution in [0.2, 0.25) is 0 Å². The molecule has 5 heteroatoms. The number of allylic oxidation sites excluding steroid dienone is 1. The third-order valence-corrected chi connectivity index (χ3v) is 8.98. The monoisotopic (exact) mass is 362 g/mol. The summed E-state index contributed by atoms with van der Waals surface area (Å²) < 4.78 is 5.73. The van der Waals surface area contributed by atoms with E-state index >= 15 is 0 Å². The van der Waals surface area contributed by atoms with E-state index in [2.05, 4.69) is 6.92 Å². The zero-order valence-electron chi connectivity index (χ0n) is 15.5. The van der Waals surface area contributed by atoms with Gasteiger partial charge in [0.15, 0.2) is 11.6 Å². The van der Waals surface area contributed by atoms with Gasteiger partial charge < -0.3 is 20.1 Å². The molecule has 1 heterocycles. The first-order chi connectivity index (χ1) is 12.3. The third kappa shape index (κ3) is 1.98. The first kappa shape index (κ1) is 17.4. The van der Waals surface area contributed by atoms with Crippen molar-refractivity contribution in [3.8, 4) is 0 Å². The fourth-order valence-electron chi connectivity index (χ4n) is 7.94. The van der Waals surface area contributed by atoms with Crippen LogP contribution in [0.5, 0.6) is 0 Å². The van der Waals surface area contributed by atoms with Crippen molar-refractivity contribution in [3.63, 3.8) is 0 Å². The molecule has 5 rings (SSSR count). The smallest absolute Gasteiger partial charge is 0.192 e. The lowest BCUT2D eigenvalue weighted by Gasteiger charge is -2.59. The van der Waals surface area contributed by atoms with Crippen molar-refractivity contribution in [2.75, 3.05) is 13.2 Å². The van der Waals surface area contributed by atoms with E-state index < -0.39 is 11.9 Å². The maximum absolute atomic E-state index is 11.9. The molecule has 0 radical (unpaired) electrons. The summed E-state index contributed by atoms with van der Waals surface area (Å²) in [5.41, 5.74) is 0.956. The molecule has 0 amide bonds. The van der Waals surface area contributed by atoms with E-state index in [-0.39, 0.29) is 35.1 Å². The maximum atomic E-state index is 11.9. The third-order valence-electron chi connectivity index (χ3n) is 8.98. The quantitative estimate of drug-likeness (QED) is 0.662. The van der Waals surface area contributed by atoms with E-state index in [0.717, 1.165) is 32.1 Å². The summed E-state index contributed by atoms with van der Waals surface area (Å²) in [5.74, 6) is -0.273. The zero-order valence-corrected chi connectivity index (χ0v) is 15.5. The maximum Gasteiger partial charge on any atom is 0.192 e. The Morgan fingerprint density at radius 3 is 2.85 bits per heavy atom. The van der Waals surface area contributed by atoms with Gasteiger partial charge in [-0.25, -0.2) is 0 Å². The molecule has 144 valence electrons. The number of carbonyl (C=O) groups is 1. The summed E-state index contributed by atoms with van der Waals surface area (Å²) in [6, 6.07) is 0.